The van der Waals surface area contributed by atoms with E-state index in [0.29, 0.717) is 24.0 Å². The Kier molecular flexibility index (Phi) is 2.66. The van der Waals surface area contributed by atoms with Gasteiger partial charge in [-0.25, -0.2) is 0 Å². The van der Waals surface area contributed by atoms with Crippen molar-refractivity contribution in [3.05, 3.63) is 24.2 Å². The van der Waals surface area contributed by atoms with Crippen LogP contribution in [-0.4, -0.2) is 34.2 Å². The quantitative estimate of drug-likeness (QED) is 0.848. The molecular formula is C11H14N4O2. The number of furan rings is 1. The van der Waals surface area contributed by atoms with Gasteiger partial charge in [0.05, 0.1) is 12.8 Å². The van der Waals surface area contributed by atoms with Crippen molar-refractivity contribution in [3.63, 3.8) is 0 Å². The van der Waals surface area contributed by atoms with Crippen molar-refractivity contribution in [2.24, 2.45) is 5.73 Å². The molecule has 0 aliphatic carbocycles. The van der Waals surface area contributed by atoms with Gasteiger partial charge in [0.15, 0.2) is 11.6 Å². The highest BCUT2D eigenvalue weighted by molar-refractivity contribution is 5.42. The normalized spacial score (nSPS) is 21.1. The van der Waals surface area contributed by atoms with E-state index in [0.717, 1.165) is 19.5 Å². The van der Waals surface area contributed by atoms with Crippen molar-refractivity contribution in [2.45, 2.75) is 19.0 Å². The third-order valence-corrected chi connectivity index (χ3v) is 2.87. The zero-order valence-corrected chi connectivity index (χ0v) is 9.37. The standard InChI is InChI=1S/C11H14N4O2/c12-8-3-4-15(6-8)7-10-13-11(17-14-10)9-2-1-5-16-9/h1-2,5,8H,3-4,6-7,12H2/t8-/m1/s1. The van der Waals surface area contributed by atoms with Crippen molar-refractivity contribution >= 4 is 0 Å². The third kappa shape index (κ3) is 2.22. The van der Waals surface area contributed by atoms with Gasteiger partial charge in [0.25, 0.3) is 5.89 Å². The van der Waals surface area contributed by atoms with Crippen molar-refractivity contribution in [2.75, 3.05) is 13.1 Å². The SMILES string of the molecule is N[C@@H]1CCN(Cc2noc(-c3ccco3)n2)C1. The Morgan fingerprint density at radius 3 is 3.18 bits per heavy atom. The fourth-order valence-electron chi connectivity index (χ4n) is 2.02. The van der Waals surface area contributed by atoms with Crippen LogP contribution in [-0.2, 0) is 6.54 Å². The van der Waals surface area contributed by atoms with Crippen LogP contribution in [0.25, 0.3) is 11.7 Å². The van der Waals surface area contributed by atoms with Gasteiger partial charge in [-0.3, -0.25) is 4.90 Å². The Morgan fingerprint density at radius 1 is 1.53 bits per heavy atom. The van der Waals surface area contributed by atoms with Crippen LogP contribution < -0.4 is 5.73 Å². The average molecular weight is 234 g/mol. The molecule has 1 atom stereocenters. The number of rotatable bonds is 3. The molecule has 2 aromatic rings. The summed E-state index contributed by atoms with van der Waals surface area (Å²) in [5.74, 6) is 1.70. The Balaban J connectivity index is 1.69. The first kappa shape index (κ1) is 10.5. The summed E-state index contributed by atoms with van der Waals surface area (Å²) in [4.78, 5) is 6.51. The zero-order valence-electron chi connectivity index (χ0n) is 9.37. The van der Waals surface area contributed by atoms with E-state index in [9.17, 15) is 0 Å². The van der Waals surface area contributed by atoms with E-state index in [-0.39, 0.29) is 6.04 Å². The fourth-order valence-corrected chi connectivity index (χ4v) is 2.02. The number of likely N-dealkylation sites (tertiary alicyclic amines) is 1. The lowest BCUT2D eigenvalue weighted by molar-refractivity contribution is 0.308. The predicted molar refractivity (Wildman–Crippen MR) is 59.9 cm³/mol. The smallest absolute Gasteiger partial charge is 0.293 e. The molecular weight excluding hydrogens is 220 g/mol. The van der Waals surface area contributed by atoms with Gasteiger partial charge in [0.2, 0.25) is 0 Å². The molecule has 6 nitrogen and oxygen atoms in total. The first-order chi connectivity index (χ1) is 8.31. The Bertz CT molecular complexity index is 479. The molecule has 1 aliphatic heterocycles. The minimum atomic E-state index is 0.270. The van der Waals surface area contributed by atoms with E-state index in [2.05, 4.69) is 15.0 Å². The van der Waals surface area contributed by atoms with Crippen LogP contribution in [0.5, 0.6) is 0 Å². The van der Waals surface area contributed by atoms with Crippen LogP contribution in [0.15, 0.2) is 27.3 Å². The average Bonchev–Trinajstić information content (AvgIpc) is 3.00. The first-order valence-electron chi connectivity index (χ1n) is 5.65. The van der Waals surface area contributed by atoms with Crippen LogP contribution in [0.4, 0.5) is 0 Å². The van der Waals surface area contributed by atoms with Gasteiger partial charge >= 0.3 is 0 Å². The van der Waals surface area contributed by atoms with E-state index in [4.69, 9.17) is 14.7 Å². The molecule has 17 heavy (non-hydrogen) atoms. The lowest BCUT2D eigenvalue weighted by Gasteiger charge is -2.11. The highest BCUT2D eigenvalue weighted by Gasteiger charge is 2.21. The summed E-state index contributed by atoms with van der Waals surface area (Å²) in [7, 11) is 0. The van der Waals surface area contributed by atoms with Gasteiger partial charge in [-0.05, 0) is 18.6 Å². The summed E-state index contributed by atoms with van der Waals surface area (Å²) in [6, 6.07) is 3.85. The molecule has 1 fully saturated rings. The van der Waals surface area contributed by atoms with Gasteiger partial charge in [0.1, 0.15) is 0 Å². The monoisotopic (exact) mass is 234 g/mol. The maximum atomic E-state index is 5.84. The number of hydrogen-bond acceptors (Lipinski definition) is 6. The van der Waals surface area contributed by atoms with E-state index < -0.39 is 0 Å². The second-order valence-electron chi connectivity index (χ2n) is 4.28. The lowest BCUT2D eigenvalue weighted by Crippen LogP contribution is -2.26. The molecule has 0 bridgehead atoms. The molecule has 0 saturated carbocycles. The van der Waals surface area contributed by atoms with E-state index in [1.165, 1.54) is 0 Å². The molecule has 0 aromatic carbocycles. The maximum absolute atomic E-state index is 5.84. The van der Waals surface area contributed by atoms with Crippen LogP contribution in [0.2, 0.25) is 0 Å². The minimum Gasteiger partial charge on any atom is -0.459 e. The summed E-state index contributed by atoms with van der Waals surface area (Å²) < 4.78 is 10.3. The lowest BCUT2D eigenvalue weighted by atomic mass is 10.3. The third-order valence-electron chi connectivity index (χ3n) is 2.87. The van der Waals surface area contributed by atoms with Crippen LogP contribution in [0.1, 0.15) is 12.2 Å². The van der Waals surface area contributed by atoms with Crippen LogP contribution >= 0.6 is 0 Å². The second-order valence-corrected chi connectivity index (χ2v) is 4.28. The van der Waals surface area contributed by atoms with Gasteiger partial charge in [0, 0.05) is 19.1 Å². The van der Waals surface area contributed by atoms with Crippen molar-refractivity contribution < 1.29 is 8.94 Å². The summed E-state index contributed by atoms with van der Waals surface area (Å²) in [5.41, 5.74) is 5.84. The molecule has 1 saturated heterocycles. The summed E-state index contributed by atoms with van der Waals surface area (Å²) >= 11 is 0. The molecule has 0 amide bonds. The minimum absolute atomic E-state index is 0.270. The molecule has 2 aromatic heterocycles. The highest BCUT2D eigenvalue weighted by Crippen LogP contribution is 2.18. The molecule has 0 unspecified atom stereocenters. The summed E-state index contributed by atoms with van der Waals surface area (Å²) in [5, 5.41) is 3.93. The molecule has 3 heterocycles. The van der Waals surface area contributed by atoms with Gasteiger partial charge < -0.3 is 14.7 Å². The topological polar surface area (TPSA) is 81.3 Å². The van der Waals surface area contributed by atoms with Gasteiger partial charge in [-0.1, -0.05) is 5.16 Å². The molecule has 1 aliphatic rings. The fraction of sp³-hybridized carbons (Fsp3) is 0.455. The Hall–Kier alpha value is -1.66. The predicted octanol–water partition coefficient (Wildman–Crippen LogP) is 0.863. The number of hydrogen-bond donors (Lipinski definition) is 1. The van der Waals surface area contributed by atoms with E-state index >= 15 is 0 Å². The largest absolute Gasteiger partial charge is 0.459 e. The summed E-state index contributed by atoms with van der Waals surface area (Å²) in [6.45, 7) is 2.56. The second kappa shape index (κ2) is 4.31. The first-order valence-corrected chi connectivity index (χ1v) is 5.65. The van der Waals surface area contributed by atoms with Crippen molar-refractivity contribution in [1.29, 1.82) is 0 Å². The molecule has 90 valence electrons. The molecule has 6 heteroatoms. The summed E-state index contributed by atoms with van der Waals surface area (Å²) in [6.07, 6.45) is 2.61. The van der Waals surface area contributed by atoms with Crippen molar-refractivity contribution in [3.8, 4) is 11.7 Å². The molecule has 3 rings (SSSR count). The number of nitrogens with zero attached hydrogens (tertiary/aromatic N) is 3. The molecule has 0 radical (unpaired) electrons. The Labute approximate surface area is 98.4 Å². The van der Waals surface area contributed by atoms with Gasteiger partial charge in [-0.2, -0.15) is 4.98 Å². The van der Waals surface area contributed by atoms with E-state index in [1.54, 1.807) is 18.4 Å². The Morgan fingerprint density at radius 2 is 2.47 bits per heavy atom. The van der Waals surface area contributed by atoms with E-state index in [1.807, 2.05) is 0 Å². The van der Waals surface area contributed by atoms with Gasteiger partial charge in [-0.15, -0.1) is 0 Å². The highest BCUT2D eigenvalue weighted by atomic mass is 16.5. The number of aromatic nitrogens is 2. The molecule has 2 N–H and O–H groups in total. The zero-order chi connectivity index (χ0) is 11.7. The van der Waals surface area contributed by atoms with Crippen molar-refractivity contribution in [1.82, 2.24) is 15.0 Å². The van der Waals surface area contributed by atoms with Crippen LogP contribution in [0.3, 0.4) is 0 Å². The number of nitrogens with two attached hydrogens (primary N) is 1. The molecule has 0 spiro atoms. The maximum Gasteiger partial charge on any atom is 0.293 e. The van der Waals surface area contributed by atoms with Crippen LogP contribution in [0, 0.1) is 0 Å².